The van der Waals surface area contributed by atoms with Gasteiger partial charge in [0.25, 0.3) is 5.91 Å². The number of hydrogen-bond acceptors (Lipinski definition) is 2. The number of carbonyl (C=O) groups excluding carboxylic acids is 1. The van der Waals surface area contributed by atoms with Crippen molar-refractivity contribution in [2.24, 2.45) is 5.92 Å². The highest BCUT2D eigenvalue weighted by Crippen LogP contribution is 2.24. The van der Waals surface area contributed by atoms with Crippen LogP contribution >= 0.6 is 0 Å². The number of halogens is 1. The Hall–Kier alpha value is -1.68. The zero-order valence-electron chi connectivity index (χ0n) is 11.1. The lowest BCUT2D eigenvalue weighted by Gasteiger charge is -2.12. The van der Waals surface area contributed by atoms with Crippen LogP contribution in [0, 0.1) is 18.7 Å². The molecule has 1 aromatic carbocycles. The van der Waals surface area contributed by atoms with E-state index in [2.05, 4.69) is 10.3 Å². The molecule has 98 valence electrons. The SMILES string of the molecule is CONC(=O)/C=C(/c1ccc(F)c(C)c1)C(C)C. The molecule has 18 heavy (non-hydrogen) atoms. The lowest BCUT2D eigenvalue weighted by Crippen LogP contribution is -2.20. The summed E-state index contributed by atoms with van der Waals surface area (Å²) in [5.74, 6) is -0.427. The van der Waals surface area contributed by atoms with Crippen molar-refractivity contribution < 1.29 is 14.0 Å². The molecule has 0 bridgehead atoms. The third kappa shape index (κ3) is 3.67. The summed E-state index contributed by atoms with van der Waals surface area (Å²) in [5, 5.41) is 0. The van der Waals surface area contributed by atoms with Gasteiger partial charge in [-0.2, -0.15) is 0 Å². The van der Waals surface area contributed by atoms with Crippen molar-refractivity contribution in [2.75, 3.05) is 7.11 Å². The molecule has 0 unspecified atom stereocenters. The van der Waals surface area contributed by atoms with Crippen molar-refractivity contribution in [3.05, 3.63) is 41.2 Å². The van der Waals surface area contributed by atoms with E-state index in [1.807, 2.05) is 13.8 Å². The second-order valence-corrected chi connectivity index (χ2v) is 4.39. The van der Waals surface area contributed by atoms with Gasteiger partial charge in [-0.05, 0) is 41.7 Å². The molecule has 0 aromatic heterocycles. The van der Waals surface area contributed by atoms with Crippen LogP contribution in [0.25, 0.3) is 5.57 Å². The summed E-state index contributed by atoms with van der Waals surface area (Å²) in [5.41, 5.74) is 4.48. The van der Waals surface area contributed by atoms with Gasteiger partial charge < -0.3 is 0 Å². The fourth-order valence-corrected chi connectivity index (χ4v) is 1.68. The first-order valence-corrected chi connectivity index (χ1v) is 5.76. The Morgan fingerprint density at radius 1 is 1.44 bits per heavy atom. The zero-order chi connectivity index (χ0) is 13.7. The molecule has 0 atom stereocenters. The van der Waals surface area contributed by atoms with Crippen LogP contribution in [0.4, 0.5) is 4.39 Å². The van der Waals surface area contributed by atoms with Crippen molar-refractivity contribution >= 4 is 11.5 Å². The maximum atomic E-state index is 13.2. The Bertz CT molecular complexity index is 467. The number of hydroxylamine groups is 1. The molecule has 0 aliphatic heterocycles. The van der Waals surface area contributed by atoms with Crippen molar-refractivity contribution in [3.63, 3.8) is 0 Å². The lowest BCUT2D eigenvalue weighted by molar-refractivity contribution is -0.126. The van der Waals surface area contributed by atoms with E-state index in [0.29, 0.717) is 5.56 Å². The van der Waals surface area contributed by atoms with Crippen molar-refractivity contribution in [1.29, 1.82) is 0 Å². The summed E-state index contributed by atoms with van der Waals surface area (Å²) >= 11 is 0. The average Bonchev–Trinajstić information content (AvgIpc) is 2.30. The van der Waals surface area contributed by atoms with E-state index in [9.17, 15) is 9.18 Å². The highest BCUT2D eigenvalue weighted by Gasteiger charge is 2.10. The van der Waals surface area contributed by atoms with E-state index < -0.39 is 0 Å². The normalized spacial score (nSPS) is 11.8. The number of carbonyl (C=O) groups is 1. The molecule has 1 amide bonds. The molecule has 4 heteroatoms. The number of nitrogens with one attached hydrogen (secondary N) is 1. The van der Waals surface area contributed by atoms with Gasteiger partial charge in [-0.1, -0.05) is 19.9 Å². The number of benzene rings is 1. The molecule has 0 aliphatic carbocycles. The average molecular weight is 251 g/mol. The van der Waals surface area contributed by atoms with Gasteiger partial charge in [0.05, 0.1) is 7.11 Å². The second-order valence-electron chi connectivity index (χ2n) is 4.39. The Morgan fingerprint density at radius 2 is 2.11 bits per heavy atom. The summed E-state index contributed by atoms with van der Waals surface area (Å²) in [6.45, 7) is 5.65. The van der Waals surface area contributed by atoms with Gasteiger partial charge in [0.2, 0.25) is 0 Å². The van der Waals surface area contributed by atoms with E-state index in [0.717, 1.165) is 11.1 Å². The molecule has 0 radical (unpaired) electrons. The minimum Gasteiger partial charge on any atom is -0.277 e. The smallest absolute Gasteiger partial charge is 0.267 e. The van der Waals surface area contributed by atoms with Crippen molar-refractivity contribution in [2.45, 2.75) is 20.8 Å². The monoisotopic (exact) mass is 251 g/mol. The molecule has 0 fully saturated rings. The van der Waals surface area contributed by atoms with Gasteiger partial charge in [0.15, 0.2) is 0 Å². The van der Waals surface area contributed by atoms with Gasteiger partial charge in [-0.15, -0.1) is 0 Å². The third-order valence-electron chi connectivity index (χ3n) is 2.60. The van der Waals surface area contributed by atoms with Crippen LogP contribution in [0.5, 0.6) is 0 Å². The maximum Gasteiger partial charge on any atom is 0.267 e. The quantitative estimate of drug-likeness (QED) is 0.660. The molecule has 0 heterocycles. The Labute approximate surface area is 107 Å². The minimum absolute atomic E-state index is 0.150. The van der Waals surface area contributed by atoms with E-state index in [1.165, 1.54) is 19.3 Å². The van der Waals surface area contributed by atoms with Gasteiger partial charge in [-0.3, -0.25) is 9.63 Å². The first-order chi connectivity index (χ1) is 8.45. The lowest BCUT2D eigenvalue weighted by atomic mass is 9.93. The van der Waals surface area contributed by atoms with E-state index in [-0.39, 0.29) is 17.6 Å². The molecule has 0 aliphatic rings. The highest BCUT2D eigenvalue weighted by atomic mass is 19.1. The number of hydrogen-bond donors (Lipinski definition) is 1. The number of rotatable bonds is 4. The van der Waals surface area contributed by atoms with Gasteiger partial charge in [0, 0.05) is 6.08 Å². The minimum atomic E-state index is -0.330. The molecule has 0 saturated carbocycles. The van der Waals surface area contributed by atoms with Crippen LogP contribution in [-0.4, -0.2) is 13.0 Å². The Balaban J connectivity index is 3.12. The van der Waals surface area contributed by atoms with Crippen molar-refractivity contribution in [1.82, 2.24) is 5.48 Å². The standard InChI is InChI=1S/C14H18FNO2/c1-9(2)12(8-14(17)16-18-4)11-5-6-13(15)10(3)7-11/h5-9H,1-4H3,(H,16,17)/b12-8+. The number of allylic oxidation sites excluding steroid dienone is 1. The molecule has 1 N–H and O–H groups in total. The first kappa shape index (κ1) is 14.4. The molecule has 1 aromatic rings. The van der Waals surface area contributed by atoms with Gasteiger partial charge >= 0.3 is 0 Å². The number of aryl methyl sites for hydroxylation is 1. The highest BCUT2D eigenvalue weighted by molar-refractivity contribution is 5.95. The van der Waals surface area contributed by atoms with Crippen LogP contribution < -0.4 is 5.48 Å². The van der Waals surface area contributed by atoms with E-state index in [4.69, 9.17) is 0 Å². The summed E-state index contributed by atoms with van der Waals surface area (Å²) in [6.07, 6.45) is 1.47. The Morgan fingerprint density at radius 3 is 2.61 bits per heavy atom. The molecule has 3 nitrogen and oxygen atoms in total. The second kappa shape index (κ2) is 6.31. The van der Waals surface area contributed by atoms with Crippen LogP contribution in [-0.2, 0) is 9.63 Å². The predicted octanol–water partition coefficient (Wildman–Crippen LogP) is 2.85. The zero-order valence-corrected chi connectivity index (χ0v) is 11.1. The van der Waals surface area contributed by atoms with E-state index >= 15 is 0 Å². The fraction of sp³-hybridized carbons (Fsp3) is 0.357. The summed E-state index contributed by atoms with van der Waals surface area (Å²) in [4.78, 5) is 16.1. The molecular formula is C14H18FNO2. The van der Waals surface area contributed by atoms with Crippen molar-refractivity contribution in [3.8, 4) is 0 Å². The van der Waals surface area contributed by atoms with Crippen LogP contribution in [0.1, 0.15) is 25.0 Å². The van der Waals surface area contributed by atoms with Crippen LogP contribution in [0.2, 0.25) is 0 Å². The fourth-order valence-electron chi connectivity index (χ4n) is 1.68. The largest absolute Gasteiger partial charge is 0.277 e. The molecule has 0 spiro atoms. The topological polar surface area (TPSA) is 38.3 Å². The van der Waals surface area contributed by atoms with Crippen LogP contribution in [0.15, 0.2) is 24.3 Å². The van der Waals surface area contributed by atoms with Gasteiger partial charge in [-0.25, -0.2) is 9.87 Å². The maximum absolute atomic E-state index is 13.2. The summed E-state index contributed by atoms with van der Waals surface area (Å²) < 4.78 is 13.2. The predicted molar refractivity (Wildman–Crippen MR) is 69.1 cm³/mol. The Kier molecular flexibility index (Phi) is 5.04. The molecule has 0 saturated heterocycles. The number of amides is 1. The van der Waals surface area contributed by atoms with Gasteiger partial charge in [0.1, 0.15) is 5.82 Å². The summed E-state index contributed by atoms with van der Waals surface area (Å²) in [7, 11) is 1.38. The van der Waals surface area contributed by atoms with Crippen LogP contribution in [0.3, 0.4) is 0 Å². The first-order valence-electron chi connectivity index (χ1n) is 5.76. The summed E-state index contributed by atoms with van der Waals surface area (Å²) in [6, 6.07) is 4.82. The third-order valence-corrected chi connectivity index (χ3v) is 2.60. The van der Waals surface area contributed by atoms with E-state index in [1.54, 1.807) is 19.1 Å². The molecule has 1 rings (SSSR count). The molecular weight excluding hydrogens is 233 g/mol.